The summed E-state index contributed by atoms with van der Waals surface area (Å²) in [5.41, 5.74) is 1.30. The number of hydrogen-bond acceptors (Lipinski definition) is 6. The summed E-state index contributed by atoms with van der Waals surface area (Å²) >= 11 is 1.47. The van der Waals surface area contributed by atoms with Crippen molar-refractivity contribution in [3.05, 3.63) is 35.9 Å². The largest absolute Gasteiger partial charge is 0.353 e. The van der Waals surface area contributed by atoms with Gasteiger partial charge in [-0.25, -0.2) is 0 Å². The highest BCUT2D eigenvalue weighted by molar-refractivity contribution is 7.19. The van der Waals surface area contributed by atoms with Crippen molar-refractivity contribution in [2.75, 3.05) is 29.4 Å². The first-order valence-electron chi connectivity index (χ1n) is 10.8. The van der Waals surface area contributed by atoms with Crippen LogP contribution in [0.15, 0.2) is 30.3 Å². The molecule has 2 aromatic rings. The van der Waals surface area contributed by atoms with Crippen LogP contribution in [-0.4, -0.2) is 47.7 Å². The number of carbonyl (C=O) groups is 2. The number of aromatic nitrogens is 2. The second kappa shape index (κ2) is 9.55. The van der Waals surface area contributed by atoms with E-state index in [4.69, 9.17) is 0 Å². The average molecular weight is 428 g/mol. The van der Waals surface area contributed by atoms with Crippen LogP contribution < -0.4 is 15.1 Å². The van der Waals surface area contributed by atoms with Crippen molar-refractivity contribution in [1.29, 1.82) is 0 Å². The van der Waals surface area contributed by atoms with Crippen molar-refractivity contribution >= 4 is 33.4 Å². The number of amides is 2. The monoisotopic (exact) mass is 427 g/mol. The molecule has 7 nitrogen and oxygen atoms in total. The van der Waals surface area contributed by atoms with Crippen molar-refractivity contribution in [2.24, 2.45) is 5.92 Å². The van der Waals surface area contributed by atoms with E-state index in [1.54, 1.807) is 4.90 Å². The number of rotatable bonds is 7. The summed E-state index contributed by atoms with van der Waals surface area (Å²) in [6.07, 6.45) is 5.03. The molecule has 160 valence electrons. The second-order valence-electron chi connectivity index (χ2n) is 8.21. The fourth-order valence-corrected chi connectivity index (χ4v) is 5.03. The number of piperidine rings is 1. The number of benzene rings is 1. The predicted octanol–water partition coefficient (Wildman–Crippen LogP) is 3.02. The quantitative estimate of drug-likeness (QED) is 0.735. The lowest BCUT2D eigenvalue weighted by Gasteiger charge is -2.31. The van der Waals surface area contributed by atoms with Gasteiger partial charge in [0.2, 0.25) is 22.1 Å². The summed E-state index contributed by atoms with van der Waals surface area (Å²) in [7, 11) is 0. The number of aryl methyl sites for hydroxylation is 1. The highest BCUT2D eigenvalue weighted by Gasteiger charge is 2.29. The van der Waals surface area contributed by atoms with Crippen molar-refractivity contribution in [3.8, 4) is 0 Å². The topological polar surface area (TPSA) is 78.4 Å². The maximum absolute atomic E-state index is 12.7. The van der Waals surface area contributed by atoms with E-state index >= 15 is 0 Å². The van der Waals surface area contributed by atoms with E-state index in [2.05, 4.69) is 51.6 Å². The SMILES string of the molecule is C[C@@H](CCc1ccccc1)NC(=O)C1CCN(c2nnc(N3CCCC3=O)s2)CC1. The van der Waals surface area contributed by atoms with Crippen LogP contribution in [0.25, 0.3) is 0 Å². The molecule has 2 aliphatic heterocycles. The molecule has 30 heavy (non-hydrogen) atoms. The first kappa shape index (κ1) is 20.8. The highest BCUT2D eigenvalue weighted by Crippen LogP contribution is 2.32. The second-order valence-corrected chi connectivity index (χ2v) is 9.15. The molecule has 1 aromatic carbocycles. The fraction of sp³-hybridized carbons (Fsp3) is 0.545. The molecule has 1 atom stereocenters. The van der Waals surface area contributed by atoms with Gasteiger partial charge in [0, 0.05) is 38.0 Å². The summed E-state index contributed by atoms with van der Waals surface area (Å²) in [4.78, 5) is 28.5. The van der Waals surface area contributed by atoms with Crippen molar-refractivity contribution in [2.45, 2.75) is 51.5 Å². The van der Waals surface area contributed by atoms with E-state index in [1.165, 1.54) is 16.9 Å². The lowest BCUT2D eigenvalue weighted by atomic mass is 9.95. The van der Waals surface area contributed by atoms with E-state index in [-0.39, 0.29) is 23.8 Å². The molecule has 0 unspecified atom stereocenters. The minimum Gasteiger partial charge on any atom is -0.353 e. The van der Waals surface area contributed by atoms with Gasteiger partial charge in [0.15, 0.2) is 0 Å². The summed E-state index contributed by atoms with van der Waals surface area (Å²) in [6, 6.07) is 10.5. The van der Waals surface area contributed by atoms with Crippen LogP contribution in [0.3, 0.4) is 0 Å². The smallest absolute Gasteiger partial charge is 0.228 e. The Morgan fingerprint density at radius 1 is 1.17 bits per heavy atom. The van der Waals surface area contributed by atoms with Crippen molar-refractivity contribution in [3.63, 3.8) is 0 Å². The molecule has 1 aromatic heterocycles. The summed E-state index contributed by atoms with van der Waals surface area (Å²) in [5, 5.41) is 13.2. The molecule has 2 saturated heterocycles. The molecule has 4 rings (SSSR count). The minimum atomic E-state index is 0.0491. The van der Waals surface area contributed by atoms with Gasteiger partial charge in [-0.15, -0.1) is 10.2 Å². The third kappa shape index (κ3) is 4.98. The first-order chi connectivity index (χ1) is 14.6. The lowest BCUT2D eigenvalue weighted by molar-refractivity contribution is -0.126. The molecule has 3 heterocycles. The summed E-state index contributed by atoms with van der Waals surface area (Å²) in [6.45, 7) is 4.40. The Balaban J connectivity index is 1.22. The molecule has 0 spiro atoms. The van der Waals surface area contributed by atoms with Crippen LogP contribution in [0, 0.1) is 5.92 Å². The van der Waals surface area contributed by atoms with Gasteiger partial charge in [-0.05, 0) is 44.6 Å². The van der Waals surface area contributed by atoms with Gasteiger partial charge in [-0.3, -0.25) is 14.5 Å². The molecular formula is C22H29N5O2S. The van der Waals surface area contributed by atoms with E-state index < -0.39 is 0 Å². The third-order valence-electron chi connectivity index (χ3n) is 5.94. The van der Waals surface area contributed by atoms with Gasteiger partial charge in [0.1, 0.15) is 0 Å². The van der Waals surface area contributed by atoms with Gasteiger partial charge < -0.3 is 10.2 Å². The lowest BCUT2D eigenvalue weighted by Crippen LogP contribution is -2.43. The molecule has 1 N–H and O–H groups in total. The van der Waals surface area contributed by atoms with Crippen LogP contribution in [0.5, 0.6) is 0 Å². The minimum absolute atomic E-state index is 0.0491. The Hall–Kier alpha value is -2.48. The Morgan fingerprint density at radius 2 is 1.90 bits per heavy atom. The molecule has 0 aliphatic carbocycles. The fourth-order valence-electron chi connectivity index (χ4n) is 4.09. The number of nitrogens with zero attached hydrogens (tertiary/aromatic N) is 4. The maximum atomic E-state index is 12.7. The van der Waals surface area contributed by atoms with E-state index in [9.17, 15) is 9.59 Å². The van der Waals surface area contributed by atoms with Gasteiger partial charge in [-0.2, -0.15) is 0 Å². The van der Waals surface area contributed by atoms with E-state index in [0.717, 1.165) is 56.9 Å². The molecule has 2 fully saturated rings. The number of anilines is 2. The zero-order valence-corrected chi connectivity index (χ0v) is 18.2. The molecule has 8 heteroatoms. The van der Waals surface area contributed by atoms with Crippen molar-refractivity contribution in [1.82, 2.24) is 15.5 Å². The Bertz CT molecular complexity index is 863. The van der Waals surface area contributed by atoms with Crippen LogP contribution >= 0.6 is 11.3 Å². The molecule has 2 aliphatic rings. The Kier molecular flexibility index (Phi) is 6.62. The molecule has 0 saturated carbocycles. The summed E-state index contributed by atoms with van der Waals surface area (Å²) < 4.78 is 0. The van der Waals surface area contributed by atoms with Crippen LogP contribution in [-0.2, 0) is 16.0 Å². The molecule has 0 bridgehead atoms. The molecule has 2 amide bonds. The average Bonchev–Trinajstić information content (AvgIpc) is 3.42. The summed E-state index contributed by atoms with van der Waals surface area (Å²) in [5.74, 6) is 0.346. The highest BCUT2D eigenvalue weighted by atomic mass is 32.1. The first-order valence-corrected chi connectivity index (χ1v) is 11.6. The number of carbonyl (C=O) groups excluding carboxylic acids is 2. The number of hydrogen-bond donors (Lipinski definition) is 1. The zero-order chi connectivity index (χ0) is 20.9. The van der Waals surface area contributed by atoms with Crippen LogP contribution in [0.1, 0.15) is 44.6 Å². The van der Waals surface area contributed by atoms with Gasteiger partial charge >= 0.3 is 0 Å². The number of nitrogens with one attached hydrogen (secondary N) is 1. The van der Waals surface area contributed by atoms with Gasteiger partial charge in [0.25, 0.3) is 0 Å². The maximum Gasteiger partial charge on any atom is 0.228 e. The third-order valence-corrected chi connectivity index (χ3v) is 6.95. The van der Waals surface area contributed by atoms with Gasteiger partial charge in [-0.1, -0.05) is 41.7 Å². The Morgan fingerprint density at radius 3 is 2.60 bits per heavy atom. The van der Waals surface area contributed by atoms with Crippen molar-refractivity contribution < 1.29 is 9.59 Å². The normalized spacial score (nSPS) is 18.6. The molecular weight excluding hydrogens is 398 g/mol. The predicted molar refractivity (Wildman–Crippen MR) is 119 cm³/mol. The molecule has 0 radical (unpaired) electrons. The van der Waals surface area contributed by atoms with E-state index in [0.29, 0.717) is 11.6 Å². The van der Waals surface area contributed by atoms with Crippen LogP contribution in [0.2, 0.25) is 0 Å². The van der Waals surface area contributed by atoms with E-state index in [1.807, 2.05) is 6.07 Å². The van der Waals surface area contributed by atoms with Crippen LogP contribution in [0.4, 0.5) is 10.3 Å². The standard InChI is InChI=1S/C22H29N5O2S/c1-16(9-10-17-6-3-2-4-7-17)23-20(29)18-11-14-26(15-12-18)21-24-25-22(30-21)27-13-5-8-19(27)28/h2-4,6-7,16,18H,5,8-15H2,1H3,(H,23,29)/t16-/m0/s1. The zero-order valence-electron chi connectivity index (χ0n) is 17.4. The Labute approximate surface area is 181 Å². The van der Waals surface area contributed by atoms with Gasteiger partial charge in [0.05, 0.1) is 0 Å².